The predicted molar refractivity (Wildman–Crippen MR) is 50.6 cm³/mol. The van der Waals surface area contributed by atoms with Gasteiger partial charge in [0, 0.05) is 0 Å². The van der Waals surface area contributed by atoms with Crippen LogP contribution in [-0.4, -0.2) is 45.4 Å². The lowest BCUT2D eigenvalue weighted by Crippen LogP contribution is -2.43. The fourth-order valence-electron chi connectivity index (χ4n) is 0.906. The summed E-state index contributed by atoms with van der Waals surface area (Å²) in [6, 6.07) is 0. The number of carboxylic acids is 2. The number of carboxylic acid groups (broad SMARTS) is 2. The van der Waals surface area contributed by atoms with Crippen LogP contribution in [0.1, 0.15) is 12.8 Å². The molecule has 90 valence electrons. The van der Waals surface area contributed by atoms with Crippen LogP contribution in [-0.2, 0) is 19.1 Å². The quantitative estimate of drug-likeness (QED) is 0.395. The summed E-state index contributed by atoms with van der Waals surface area (Å²) in [7, 11) is 0. The van der Waals surface area contributed by atoms with Crippen LogP contribution in [0.15, 0.2) is 12.7 Å². The van der Waals surface area contributed by atoms with E-state index in [9.17, 15) is 19.5 Å². The third-order valence-corrected chi connectivity index (χ3v) is 1.64. The van der Waals surface area contributed by atoms with Gasteiger partial charge in [-0.05, 0) is 0 Å². The third kappa shape index (κ3) is 4.56. The van der Waals surface area contributed by atoms with Crippen molar-refractivity contribution < 1.29 is 34.4 Å². The molecule has 7 heteroatoms. The zero-order valence-electron chi connectivity index (χ0n) is 8.38. The minimum absolute atomic E-state index is 0.137. The van der Waals surface area contributed by atoms with Gasteiger partial charge >= 0.3 is 17.9 Å². The number of ether oxygens (including phenoxy) is 1. The van der Waals surface area contributed by atoms with Gasteiger partial charge in [0.1, 0.15) is 6.61 Å². The molecule has 0 aromatic heterocycles. The molecule has 0 aliphatic carbocycles. The summed E-state index contributed by atoms with van der Waals surface area (Å²) in [5, 5.41) is 26.4. The first-order valence-electron chi connectivity index (χ1n) is 4.26. The van der Waals surface area contributed by atoms with Gasteiger partial charge in [0.15, 0.2) is 5.60 Å². The van der Waals surface area contributed by atoms with Crippen molar-refractivity contribution in [3.05, 3.63) is 12.7 Å². The molecular formula is C9H12O7. The van der Waals surface area contributed by atoms with Crippen molar-refractivity contribution >= 4 is 17.9 Å². The van der Waals surface area contributed by atoms with Crippen molar-refractivity contribution in [2.75, 3.05) is 6.61 Å². The Morgan fingerprint density at radius 1 is 1.25 bits per heavy atom. The lowest BCUT2D eigenvalue weighted by atomic mass is 9.96. The fourth-order valence-corrected chi connectivity index (χ4v) is 0.906. The van der Waals surface area contributed by atoms with E-state index in [0.717, 1.165) is 0 Å². The summed E-state index contributed by atoms with van der Waals surface area (Å²) >= 11 is 0. The minimum atomic E-state index is -2.65. The first-order chi connectivity index (χ1) is 7.31. The normalized spacial score (nSPS) is 13.6. The average molecular weight is 232 g/mol. The molecule has 0 radical (unpaired) electrons. The molecule has 0 fully saturated rings. The van der Waals surface area contributed by atoms with E-state index in [1.807, 2.05) is 0 Å². The molecular weight excluding hydrogens is 220 g/mol. The van der Waals surface area contributed by atoms with E-state index < -0.39 is 36.4 Å². The second kappa shape index (κ2) is 5.86. The van der Waals surface area contributed by atoms with Crippen LogP contribution in [0.3, 0.4) is 0 Å². The Labute approximate surface area is 90.9 Å². The zero-order chi connectivity index (χ0) is 12.8. The Balaban J connectivity index is 4.55. The molecule has 0 heterocycles. The molecule has 0 aliphatic heterocycles. The monoisotopic (exact) mass is 232 g/mol. The van der Waals surface area contributed by atoms with Gasteiger partial charge in [-0.25, -0.2) is 4.79 Å². The summed E-state index contributed by atoms with van der Waals surface area (Å²) in [5.41, 5.74) is -2.65. The van der Waals surface area contributed by atoms with Crippen LogP contribution in [0, 0.1) is 0 Å². The molecule has 7 nitrogen and oxygen atoms in total. The van der Waals surface area contributed by atoms with Crippen molar-refractivity contribution in [1.29, 1.82) is 0 Å². The summed E-state index contributed by atoms with van der Waals surface area (Å²) < 4.78 is 4.45. The number of carbonyl (C=O) groups is 3. The Morgan fingerprint density at radius 3 is 2.19 bits per heavy atom. The highest BCUT2D eigenvalue weighted by molar-refractivity contribution is 5.88. The van der Waals surface area contributed by atoms with E-state index in [0.29, 0.717) is 0 Å². The molecule has 0 amide bonds. The molecule has 0 aliphatic rings. The van der Waals surface area contributed by atoms with Gasteiger partial charge in [-0.2, -0.15) is 0 Å². The third-order valence-electron chi connectivity index (χ3n) is 1.64. The molecule has 0 rings (SSSR count). The highest BCUT2D eigenvalue weighted by atomic mass is 16.5. The molecule has 0 spiro atoms. The van der Waals surface area contributed by atoms with E-state index in [1.54, 1.807) is 0 Å². The Bertz CT molecular complexity index is 309. The van der Waals surface area contributed by atoms with E-state index in [4.69, 9.17) is 10.2 Å². The molecule has 16 heavy (non-hydrogen) atoms. The van der Waals surface area contributed by atoms with Gasteiger partial charge in [-0.15, -0.1) is 0 Å². The summed E-state index contributed by atoms with van der Waals surface area (Å²) in [6.45, 7) is 3.13. The average Bonchev–Trinajstić information content (AvgIpc) is 2.12. The van der Waals surface area contributed by atoms with Crippen LogP contribution in [0.2, 0.25) is 0 Å². The van der Waals surface area contributed by atoms with Gasteiger partial charge in [0.05, 0.1) is 12.8 Å². The summed E-state index contributed by atoms with van der Waals surface area (Å²) in [6.07, 6.45) is -0.747. The summed E-state index contributed by atoms with van der Waals surface area (Å²) in [4.78, 5) is 32.0. The summed E-state index contributed by atoms with van der Waals surface area (Å²) in [5.74, 6) is -4.32. The maximum atomic E-state index is 11.0. The number of aliphatic carboxylic acids is 2. The number of esters is 1. The zero-order valence-corrected chi connectivity index (χ0v) is 8.38. The van der Waals surface area contributed by atoms with E-state index >= 15 is 0 Å². The van der Waals surface area contributed by atoms with E-state index in [2.05, 4.69) is 11.3 Å². The number of hydrogen-bond acceptors (Lipinski definition) is 5. The van der Waals surface area contributed by atoms with Gasteiger partial charge in [0.25, 0.3) is 0 Å². The van der Waals surface area contributed by atoms with Gasteiger partial charge < -0.3 is 20.1 Å². The van der Waals surface area contributed by atoms with Crippen molar-refractivity contribution in [2.24, 2.45) is 0 Å². The number of hydrogen-bond donors (Lipinski definition) is 3. The lowest BCUT2D eigenvalue weighted by Gasteiger charge is -2.19. The van der Waals surface area contributed by atoms with Crippen LogP contribution in [0.25, 0.3) is 0 Å². The number of rotatable bonds is 7. The Hall–Kier alpha value is -1.89. The van der Waals surface area contributed by atoms with Crippen molar-refractivity contribution in [3.8, 4) is 0 Å². The van der Waals surface area contributed by atoms with Crippen molar-refractivity contribution in [3.63, 3.8) is 0 Å². The molecule has 0 bridgehead atoms. The largest absolute Gasteiger partial charge is 0.481 e. The van der Waals surface area contributed by atoms with E-state index in [-0.39, 0.29) is 6.61 Å². The van der Waals surface area contributed by atoms with E-state index in [1.165, 1.54) is 6.08 Å². The van der Waals surface area contributed by atoms with Crippen LogP contribution >= 0.6 is 0 Å². The van der Waals surface area contributed by atoms with Crippen LogP contribution < -0.4 is 0 Å². The van der Waals surface area contributed by atoms with Crippen LogP contribution in [0.4, 0.5) is 0 Å². The predicted octanol–water partition coefficient (Wildman–Crippen LogP) is -0.604. The Morgan fingerprint density at radius 2 is 1.81 bits per heavy atom. The molecule has 0 aromatic carbocycles. The molecule has 0 saturated carbocycles. The molecule has 1 unspecified atom stereocenters. The smallest absolute Gasteiger partial charge is 0.336 e. The first kappa shape index (κ1) is 14.1. The first-order valence-corrected chi connectivity index (χ1v) is 4.26. The van der Waals surface area contributed by atoms with Crippen LogP contribution in [0.5, 0.6) is 0 Å². The number of carbonyl (C=O) groups excluding carboxylic acids is 1. The number of aliphatic hydroxyl groups is 1. The second-order valence-electron chi connectivity index (χ2n) is 3.06. The Kier molecular flexibility index (Phi) is 5.17. The van der Waals surface area contributed by atoms with Crippen molar-refractivity contribution in [2.45, 2.75) is 18.4 Å². The van der Waals surface area contributed by atoms with Crippen molar-refractivity contribution in [1.82, 2.24) is 0 Å². The van der Waals surface area contributed by atoms with Gasteiger partial charge in [-0.3, -0.25) is 9.59 Å². The highest BCUT2D eigenvalue weighted by Crippen LogP contribution is 2.16. The highest BCUT2D eigenvalue weighted by Gasteiger charge is 2.41. The fraction of sp³-hybridized carbons (Fsp3) is 0.444. The standard InChI is InChI=1S/C9H12O7/c1-2-3-16-7(12)5-9(15,8(13)14)4-6(10)11/h2,15H,1,3-5H2,(H,10,11)(H,13,14). The van der Waals surface area contributed by atoms with Gasteiger partial charge in [0.2, 0.25) is 0 Å². The topological polar surface area (TPSA) is 121 Å². The molecule has 0 saturated heterocycles. The maximum absolute atomic E-state index is 11.0. The molecule has 3 N–H and O–H groups in total. The molecule has 1 atom stereocenters. The SMILES string of the molecule is C=CCOC(=O)CC(O)(CC(=O)O)C(=O)O. The minimum Gasteiger partial charge on any atom is -0.481 e. The van der Waals surface area contributed by atoms with Gasteiger partial charge in [-0.1, -0.05) is 12.7 Å². The lowest BCUT2D eigenvalue weighted by molar-refractivity contribution is -0.171. The second-order valence-corrected chi connectivity index (χ2v) is 3.06. The maximum Gasteiger partial charge on any atom is 0.336 e. The molecule has 0 aromatic rings.